The number of hydrogen-bond donors (Lipinski definition) is 0. The van der Waals surface area contributed by atoms with Gasteiger partial charge in [0.2, 0.25) is 11.8 Å². The van der Waals surface area contributed by atoms with Crippen LogP contribution >= 0.6 is 23.2 Å². The largest absolute Gasteiger partial charge is 0.329 e. The molecule has 0 aliphatic carbocycles. The zero-order chi connectivity index (χ0) is 14.3. The molecule has 106 valence electrons. The maximum atomic E-state index is 12.4. The van der Waals surface area contributed by atoms with Crippen molar-refractivity contribution in [3.8, 4) is 0 Å². The Morgan fingerprint density at radius 1 is 1.30 bits per heavy atom. The molecule has 0 bridgehead atoms. The van der Waals surface area contributed by atoms with Gasteiger partial charge in [-0.3, -0.25) is 9.59 Å². The van der Waals surface area contributed by atoms with Crippen molar-refractivity contribution in [2.75, 3.05) is 13.1 Å². The van der Waals surface area contributed by atoms with Gasteiger partial charge in [0.15, 0.2) is 0 Å². The molecule has 7 heteroatoms. The molecule has 0 aromatic carbocycles. The van der Waals surface area contributed by atoms with E-state index in [2.05, 4.69) is 4.98 Å². The van der Waals surface area contributed by atoms with E-state index in [1.165, 1.54) is 0 Å². The first-order valence-electron chi connectivity index (χ1n) is 6.45. The fourth-order valence-electron chi connectivity index (χ4n) is 2.76. The number of nitrogens with zero attached hydrogens (tertiary/aromatic N) is 3. The highest BCUT2D eigenvalue weighted by molar-refractivity contribution is 6.32. The standard InChI is InChI=1S/C13H13Cl2N3O2/c14-10-4-3-8(12(15)16-10)6-17-7-11(19)18-5-1-2-9(18)13(17)20/h3-4,9H,1-2,5-7H2. The zero-order valence-corrected chi connectivity index (χ0v) is 12.2. The van der Waals surface area contributed by atoms with Crippen LogP contribution in [0.5, 0.6) is 0 Å². The van der Waals surface area contributed by atoms with Crippen LogP contribution in [-0.4, -0.2) is 45.7 Å². The predicted octanol–water partition coefficient (Wildman–Crippen LogP) is 1.72. The second-order valence-corrected chi connectivity index (χ2v) is 5.77. The third-order valence-corrected chi connectivity index (χ3v) is 4.29. The van der Waals surface area contributed by atoms with E-state index in [0.29, 0.717) is 17.3 Å². The Kier molecular flexibility index (Phi) is 3.56. The van der Waals surface area contributed by atoms with Crippen molar-refractivity contribution in [3.63, 3.8) is 0 Å². The van der Waals surface area contributed by atoms with Gasteiger partial charge in [-0.2, -0.15) is 0 Å². The number of carbonyl (C=O) groups is 2. The van der Waals surface area contributed by atoms with Crippen molar-refractivity contribution < 1.29 is 9.59 Å². The third-order valence-electron chi connectivity index (χ3n) is 3.75. The molecule has 5 nitrogen and oxygen atoms in total. The number of rotatable bonds is 2. The number of pyridine rings is 1. The van der Waals surface area contributed by atoms with Gasteiger partial charge in [0.25, 0.3) is 0 Å². The highest BCUT2D eigenvalue weighted by Gasteiger charge is 2.41. The number of fused-ring (bicyclic) bond motifs is 1. The van der Waals surface area contributed by atoms with Crippen molar-refractivity contribution >= 4 is 35.0 Å². The maximum absolute atomic E-state index is 12.4. The van der Waals surface area contributed by atoms with Gasteiger partial charge in [0.05, 0.1) is 0 Å². The SMILES string of the molecule is O=C1C2CCCN2C(=O)CN1Cc1ccc(Cl)nc1Cl. The molecule has 20 heavy (non-hydrogen) atoms. The number of aromatic nitrogens is 1. The van der Waals surface area contributed by atoms with Crippen LogP contribution in [0.25, 0.3) is 0 Å². The minimum Gasteiger partial charge on any atom is -0.329 e. The summed E-state index contributed by atoms with van der Waals surface area (Å²) in [7, 11) is 0. The van der Waals surface area contributed by atoms with Crippen molar-refractivity contribution in [2.45, 2.75) is 25.4 Å². The second kappa shape index (κ2) is 5.22. The predicted molar refractivity (Wildman–Crippen MR) is 74.4 cm³/mol. The van der Waals surface area contributed by atoms with Crippen LogP contribution in [0.2, 0.25) is 10.3 Å². The first kappa shape index (κ1) is 13.6. The highest BCUT2D eigenvalue weighted by Crippen LogP contribution is 2.26. The normalized spacial score (nSPS) is 22.4. The van der Waals surface area contributed by atoms with Crippen LogP contribution in [0, 0.1) is 0 Å². The van der Waals surface area contributed by atoms with Crippen LogP contribution in [0.1, 0.15) is 18.4 Å². The van der Waals surface area contributed by atoms with E-state index in [0.717, 1.165) is 12.8 Å². The number of halogens is 2. The average Bonchev–Trinajstić information content (AvgIpc) is 2.88. The third kappa shape index (κ3) is 2.36. The van der Waals surface area contributed by atoms with Gasteiger partial charge in [0.1, 0.15) is 22.9 Å². The summed E-state index contributed by atoms with van der Waals surface area (Å²) in [6, 6.07) is 3.06. The van der Waals surface area contributed by atoms with E-state index in [1.54, 1.807) is 21.9 Å². The number of amides is 2. The molecule has 1 aromatic heterocycles. The topological polar surface area (TPSA) is 53.5 Å². The Hall–Kier alpha value is -1.33. The molecule has 2 aliphatic rings. The molecular formula is C13H13Cl2N3O2. The van der Waals surface area contributed by atoms with Crippen LogP contribution in [0.4, 0.5) is 0 Å². The first-order chi connectivity index (χ1) is 9.56. The summed E-state index contributed by atoms with van der Waals surface area (Å²) >= 11 is 11.8. The lowest BCUT2D eigenvalue weighted by Gasteiger charge is -2.36. The minimum atomic E-state index is -0.296. The van der Waals surface area contributed by atoms with Gasteiger partial charge in [-0.05, 0) is 18.9 Å². The molecule has 1 aromatic rings. The quantitative estimate of drug-likeness (QED) is 0.781. The van der Waals surface area contributed by atoms with Gasteiger partial charge in [0, 0.05) is 18.7 Å². The molecule has 1 atom stereocenters. The maximum Gasteiger partial charge on any atom is 0.246 e. The summed E-state index contributed by atoms with van der Waals surface area (Å²) in [5, 5.41) is 0.577. The Morgan fingerprint density at radius 3 is 2.85 bits per heavy atom. The van der Waals surface area contributed by atoms with Crippen LogP contribution in [-0.2, 0) is 16.1 Å². The molecule has 2 saturated heterocycles. The number of carbonyl (C=O) groups excluding carboxylic acids is 2. The van der Waals surface area contributed by atoms with Gasteiger partial charge < -0.3 is 9.80 Å². The molecule has 2 fully saturated rings. The number of piperazine rings is 1. The molecular weight excluding hydrogens is 301 g/mol. The molecule has 3 heterocycles. The summed E-state index contributed by atoms with van der Waals surface area (Å²) in [4.78, 5) is 31.6. The molecule has 0 saturated carbocycles. The molecule has 2 amide bonds. The number of hydrogen-bond acceptors (Lipinski definition) is 3. The molecule has 0 N–H and O–H groups in total. The summed E-state index contributed by atoms with van der Waals surface area (Å²) in [5.41, 5.74) is 0.698. The lowest BCUT2D eigenvalue weighted by Crippen LogP contribution is -2.56. The Balaban J connectivity index is 1.80. The van der Waals surface area contributed by atoms with E-state index in [-0.39, 0.29) is 36.1 Å². The fourth-order valence-corrected chi connectivity index (χ4v) is 3.17. The lowest BCUT2D eigenvalue weighted by molar-refractivity contribution is -0.154. The molecule has 2 aliphatic heterocycles. The van der Waals surface area contributed by atoms with Crippen LogP contribution in [0.15, 0.2) is 12.1 Å². The van der Waals surface area contributed by atoms with Gasteiger partial charge in [-0.1, -0.05) is 29.3 Å². The van der Waals surface area contributed by atoms with E-state index in [4.69, 9.17) is 23.2 Å². The molecule has 0 radical (unpaired) electrons. The van der Waals surface area contributed by atoms with Gasteiger partial charge in [-0.25, -0.2) is 4.98 Å². The zero-order valence-electron chi connectivity index (χ0n) is 10.7. The second-order valence-electron chi connectivity index (χ2n) is 5.02. The fraction of sp³-hybridized carbons (Fsp3) is 0.462. The lowest BCUT2D eigenvalue weighted by atomic mass is 10.1. The van der Waals surface area contributed by atoms with Crippen LogP contribution in [0.3, 0.4) is 0 Å². The monoisotopic (exact) mass is 313 g/mol. The van der Waals surface area contributed by atoms with E-state index in [9.17, 15) is 9.59 Å². The Labute approximate surface area is 126 Å². The summed E-state index contributed by atoms with van der Waals surface area (Å²) < 4.78 is 0. The average molecular weight is 314 g/mol. The van der Waals surface area contributed by atoms with Crippen molar-refractivity contribution in [3.05, 3.63) is 28.0 Å². The Bertz CT molecular complexity index is 579. The van der Waals surface area contributed by atoms with Crippen molar-refractivity contribution in [2.24, 2.45) is 0 Å². The van der Waals surface area contributed by atoms with E-state index >= 15 is 0 Å². The summed E-state index contributed by atoms with van der Waals surface area (Å²) in [6.45, 7) is 1.08. The van der Waals surface area contributed by atoms with Crippen molar-refractivity contribution in [1.29, 1.82) is 0 Å². The highest BCUT2D eigenvalue weighted by atomic mass is 35.5. The van der Waals surface area contributed by atoms with E-state index in [1.807, 2.05) is 0 Å². The molecule has 3 rings (SSSR count). The van der Waals surface area contributed by atoms with Gasteiger partial charge in [-0.15, -0.1) is 0 Å². The minimum absolute atomic E-state index is 0.00476. The summed E-state index contributed by atoms with van der Waals surface area (Å²) in [6.07, 6.45) is 1.63. The van der Waals surface area contributed by atoms with E-state index < -0.39 is 0 Å². The van der Waals surface area contributed by atoms with Crippen LogP contribution < -0.4 is 0 Å². The van der Waals surface area contributed by atoms with Gasteiger partial charge >= 0.3 is 0 Å². The first-order valence-corrected chi connectivity index (χ1v) is 7.21. The molecule has 1 unspecified atom stereocenters. The van der Waals surface area contributed by atoms with Crippen molar-refractivity contribution in [1.82, 2.24) is 14.8 Å². The Morgan fingerprint density at radius 2 is 2.10 bits per heavy atom. The summed E-state index contributed by atoms with van der Waals surface area (Å²) in [5.74, 6) is -0.00161. The smallest absolute Gasteiger partial charge is 0.246 e. The molecule has 0 spiro atoms.